The summed E-state index contributed by atoms with van der Waals surface area (Å²) in [4.78, 5) is 8.14. The van der Waals surface area contributed by atoms with Gasteiger partial charge in [-0.1, -0.05) is 6.92 Å². The Kier molecular flexibility index (Phi) is 4.41. The number of hydrogen-bond acceptors (Lipinski definition) is 4. The van der Waals surface area contributed by atoms with Crippen LogP contribution in [0.15, 0.2) is 5.51 Å². The maximum Gasteiger partial charge on any atom is 0.0798 e. The molecule has 1 aliphatic rings. The third-order valence-corrected chi connectivity index (χ3v) is 5.32. The van der Waals surface area contributed by atoms with Crippen molar-refractivity contribution >= 4 is 11.3 Å². The first kappa shape index (κ1) is 14.0. The van der Waals surface area contributed by atoms with Crippen molar-refractivity contribution in [3.8, 4) is 0 Å². The minimum absolute atomic E-state index is 0.425. The van der Waals surface area contributed by atoms with E-state index in [2.05, 4.69) is 43.0 Å². The van der Waals surface area contributed by atoms with Crippen LogP contribution in [-0.4, -0.2) is 36.6 Å². The van der Waals surface area contributed by atoms with E-state index in [9.17, 15) is 0 Å². The molecule has 3 nitrogen and oxygen atoms in total. The number of piperidine rings is 1. The second-order valence-electron chi connectivity index (χ2n) is 6.02. The molecule has 0 amide bonds. The second-order valence-corrected chi connectivity index (χ2v) is 6.90. The number of likely N-dealkylation sites (tertiary alicyclic amines) is 1. The summed E-state index contributed by atoms with van der Waals surface area (Å²) in [5.74, 6) is 0. The topological polar surface area (TPSA) is 28.2 Å². The molecule has 18 heavy (non-hydrogen) atoms. The standard InChI is InChI=1S/C14H25N3S/c1-11(13-12(2)16-10-18-13)15-9-14(3)5-7-17(4)8-6-14/h10-11,15H,5-9H2,1-4H3. The fourth-order valence-corrected chi connectivity index (χ4v) is 3.39. The Bertz CT molecular complexity index is 380. The molecule has 0 spiro atoms. The van der Waals surface area contributed by atoms with Crippen LogP contribution >= 0.6 is 11.3 Å². The molecule has 0 bridgehead atoms. The first-order valence-corrected chi connectivity index (χ1v) is 7.70. The molecule has 1 N–H and O–H groups in total. The Labute approximate surface area is 115 Å². The van der Waals surface area contributed by atoms with Gasteiger partial charge >= 0.3 is 0 Å². The van der Waals surface area contributed by atoms with Gasteiger partial charge in [0.25, 0.3) is 0 Å². The number of aromatic nitrogens is 1. The zero-order valence-corrected chi connectivity index (χ0v) is 12.8. The molecule has 1 aromatic rings. The first-order chi connectivity index (χ1) is 8.50. The predicted molar refractivity (Wildman–Crippen MR) is 78.1 cm³/mol. The maximum absolute atomic E-state index is 4.33. The van der Waals surface area contributed by atoms with E-state index >= 15 is 0 Å². The SMILES string of the molecule is Cc1ncsc1C(C)NCC1(C)CCN(C)CC1. The van der Waals surface area contributed by atoms with E-state index in [0.29, 0.717) is 11.5 Å². The monoisotopic (exact) mass is 267 g/mol. The van der Waals surface area contributed by atoms with Crippen molar-refractivity contribution in [1.82, 2.24) is 15.2 Å². The quantitative estimate of drug-likeness (QED) is 0.909. The summed E-state index contributed by atoms with van der Waals surface area (Å²) < 4.78 is 0. The number of nitrogens with zero attached hydrogens (tertiary/aromatic N) is 2. The van der Waals surface area contributed by atoms with Crippen LogP contribution in [0, 0.1) is 12.3 Å². The molecule has 1 unspecified atom stereocenters. The van der Waals surface area contributed by atoms with E-state index < -0.39 is 0 Å². The maximum atomic E-state index is 4.33. The predicted octanol–water partition coefficient (Wildman–Crippen LogP) is 2.83. The van der Waals surface area contributed by atoms with Crippen molar-refractivity contribution < 1.29 is 0 Å². The van der Waals surface area contributed by atoms with Gasteiger partial charge in [0.15, 0.2) is 0 Å². The summed E-state index contributed by atoms with van der Waals surface area (Å²) in [5.41, 5.74) is 3.58. The highest BCUT2D eigenvalue weighted by Crippen LogP contribution is 2.31. The molecule has 0 saturated carbocycles. The van der Waals surface area contributed by atoms with Gasteiger partial charge in [0, 0.05) is 17.5 Å². The van der Waals surface area contributed by atoms with Gasteiger partial charge in [-0.15, -0.1) is 11.3 Å². The van der Waals surface area contributed by atoms with Gasteiger partial charge in [0.1, 0.15) is 0 Å². The van der Waals surface area contributed by atoms with Crippen LogP contribution in [-0.2, 0) is 0 Å². The minimum atomic E-state index is 0.425. The van der Waals surface area contributed by atoms with Gasteiger partial charge in [0.2, 0.25) is 0 Å². The van der Waals surface area contributed by atoms with Crippen LogP contribution in [0.5, 0.6) is 0 Å². The molecule has 0 radical (unpaired) electrons. The summed E-state index contributed by atoms with van der Waals surface area (Å²) in [5, 5.41) is 3.70. The van der Waals surface area contributed by atoms with Gasteiger partial charge in [-0.3, -0.25) is 0 Å². The fourth-order valence-electron chi connectivity index (χ4n) is 2.55. The summed E-state index contributed by atoms with van der Waals surface area (Å²) in [6.45, 7) is 10.3. The average Bonchev–Trinajstić information content (AvgIpc) is 2.77. The van der Waals surface area contributed by atoms with Crippen LogP contribution in [0.2, 0.25) is 0 Å². The van der Waals surface area contributed by atoms with E-state index in [1.165, 1.54) is 36.5 Å². The largest absolute Gasteiger partial charge is 0.309 e. The van der Waals surface area contributed by atoms with Crippen molar-refractivity contribution in [2.75, 3.05) is 26.7 Å². The summed E-state index contributed by atoms with van der Waals surface area (Å²) >= 11 is 1.76. The van der Waals surface area contributed by atoms with Crippen molar-refractivity contribution in [2.24, 2.45) is 5.41 Å². The zero-order valence-electron chi connectivity index (χ0n) is 12.0. The molecule has 2 heterocycles. The van der Waals surface area contributed by atoms with Crippen molar-refractivity contribution in [1.29, 1.82) is 0 Å². The van der Waals surface area contributed by atoms with Crippen LogP contribution in [0.25, 0.3) is 0 Å². The smallest absolute Gasteiger partial charge is 0.0798 e. The minimum Gasteiger partial charge on any atom is -0.309 e. The first-order valence-electron chi connectivity index (χ1n) is 6.82. The number of nitrogens with one attached hydrogen (secondary N) is 1. The van der Waals surface area contributed by atoms with Gasteiger partial charge in [-0.05, 0) is 52.2 Å². The van der Waals surface area contributed by atoms with E-state index in [0.717, 1.165) is 6.54 Å². The Hall–Kier alpha value is -0.450. The van der Waals surface area contributed by atoms with Crippen LogP contribution in [0.1, 0.15) is 43.3 Å². The second kappa shape index (κ2) is 5.68. The number of aryl methyl sites for hydroxylation is 1. The average molecular weight is 267 g/mol. The van der Waals surface area contributed by atoms with E-state index in [4.69, 9.17) is 0 Å². The Morgan fingerprint density at radius 1 is 1.50 bits per heavy atom. The summed E-state index contributed by atoms with van der Waals surface area (Å²) in [6, 6.07) is 0.425. The summed E-state index contributed by atoms with van der Waals surface area (Å²) in [6.07, 6.45) is 2.59. The van der Waals surface area contributed by atoms with E-state index in [-0.39, 0.29) is 0 Å². The van der Waals surface area contributed by atoms with Gasteiger partial charge in [-0.2, -0.15) is 0 Å². The highest BCUT2D eigenvalue weighted by atomic mass is 32.1. The van der Waals surface area contributed by atoms with E-state index in [1.807, 2.05) is 5.51 Å². The van der Waals surface area contributed by atoms with Gasteiger partial charge in [0.05, 0.1) is 11.2 Å². The lowest BCUT2D eigenvalue weighted by Crippen LogP contribution is -2.42. The van der Waals surface area contributed by atoms with Crippen molar-refractivity contribution in [2.45, 2.75) is 39.7 Å². The van der Waals surface area contributed by atoms with Gasteiger partial charge in [-0.25, -0.2) is 4.98 Å². The lowest BCUT2D eigenvalue weighted by Gasteiger charge is -2.38. The van der Waals surface area contributed by atoms with Gasteiger partial charge < -0.3 is 10.2 Å². The van der Waals surface area contributed by atoms with E-state index in [1.54, 1.807) is 11.3 Å². The molecule has 1 fully saturated rings. The molecular weight excluding hydrogens is 242 g/mol. The van der Waals surface area contributed by atoms with Crippen LogP contribution in [0.4, 0.5) is 0 Å². The number of thiazole rings is 1. The Morgan fingerprint density at radius 2 is 2.17 bits per heavy atom. The number of hydrogen-bond donors (Lipinski definition) is 1. The lowest BCUT2D eigenvalue weighted by atomic mass is 9.80. The normalized spacial score (nSPS) is 22.0. The molecule has 1 aliphatic heterocycles. The molecule has 1 saturated heterocycles. The Balaban J connectivity index is 1.86. The van der Waals surface area contributed by atoms with Crippen molar-refractivity contribution in [3.05, 3.63) is 16.1 Å². The third-order valence-electron chi connectivity index (χ3n) is 4.21. The molecule has 1 atom stereocenters. The molecule has 0 aromatic carbocycles. The van der Waals surface area contributed by atoms with Crippen molar-refractivity contribution in [3.63, 3.8) is 0 Å². The molecule has 0 aliphatic carbocycles. The van der Waals surface area contributed by atoms with Crippen LogP contribution < -0.4 is 5.32 Å². The fraction of sp³-hybridized carbons (Fsp3) is 0.786. The summed E-state index contributed by atoms with van der Waals surface area (Å²) in [7, 11) is 2.22. The molecular formula is C14H25N3S. The highest BCUT2D eigenvalue weighted by molar-refractivity contribution is 7.09. The molecule has 102 valence electrons. The third kappa shape index (κ3) is 3.31. The zero-order chi connectivity index (χ0) is 13.2. The molecule has 4 heteroatoms. The molecule has 1 aromatic heterocycles. The lowest BCUT2D eigenvalue weighted by molar-refractivity contribution is 0.134. The highest BCUT2D eigenvalue weighted by Gasteiger charge is 2.29. The number of rotatable bonds is 4. The van der Waals surface area contributed by atoms with Crippen LogP contribution in [0.3, 0.4) is 0 Å². The molecule has 2 rings (SSSR count). The Morgan fingerprint density at radius 3 is 2.72 bits per heavy atom.